The normalized spacial score (nSPS) is 10.0. The van der Waals surface area contributed by atoms with Crippen molar-refractivity contribution in [3.8, 4) is 17.2 Å². The maximum atomic E-state index is 12.2. The fourth-order valence-corrected chi connectivity index (χ4v) is 2.18. The standard InChI is InChI=1S/C14H19ClO4.2C2H6/c1-7-11(17)9(8(16)6-14(2,3)4)12(18)10(15)13(7)19-5;2*1-2/h17-18H,6H2,1-5H3;2*1-2H3. The predicted molar refractivity (Wildman–Crippen MR) is 97.2 cm³/mol. The molecule has 0 amide bonds. The Hall–Kier alpha value is -1.42. The Kier molecular flexibility index (Phi) is 10.8. The van der Waals surface area contributed by atoms with E-state index >= 15 is 0 Å². The van der Waals surface area contributed by atoms with Crippen LogP contribution >= 0.6 is 11.6 Å². The molecule has 4 nitrogen and oxygen atoms in total. The van der Waals surface area contributed by atoms with Gasteiger partial charge in [0.05, 0.1) is 7.11 Å². The number of aromatic hydroxyl groups is 2. The second kappa shape index (κ2) is 10.4. The zero-order valence-corrected chi connectivity index (χ0v) is 16.6. The van der Waals surface area contributed by atoms with Gasteiger partial charge in [-0.1, -0.05) is 60.1 Å². The second-order valence-corrected chi connectivity index (χ2v) is 6.08. The number of carbonyl (C=O) groups excluding carboxylic acids is 1. The molecule has 0 heterocycles. The molecule has 0 saturated heterocycles. The molecule has 1 rings (SSSR count). The molecule has 0 fully saturated rings. The minimum absolute atomic E-state index is 0.0601. The number of hydrogen-bond donors (Lipinski definition) is 2. The van der Waals surface area contributed by atoms with Gasteiger partial charge in [-0.15, -0.1) is 0 Å². The highest BCUT2D eigenvalue weighted by Crippen LogP contribution is 2.46. The second-order valence-electron chi connectivity index (χ2n) is 5.71. The minimum atomic E-state index is -0.434. The van der Waals surface area contributed by atoms with E-state index in [4.69, 9.17) is 16.3 Å². The Morgan fingerprint density at radius 2 is 1.52 bits per heavy atom. The molecule has 0 spiro atoms. The van der Waals surface area contributed by atoms with Crippen LogP contribution in [0.15, 0.2) is 0 Å². The summed E-state index contributed by atoms with van der Waals surface area (Å²) >= 11 is 5.95. The summed E-state index contributed by atoms with van der Waals surface area (Å²) in [6, 6.07) is 0. The Bertz CT molecular complexity index is 488. The molecule has 0 radical (unpaired) electrons. The largest absolute Gasteiger partial charge is 0.507 e. The molecule has 0 aliphatic rings. The van der Waals surface area contributed by atoms with Gasteiger partial charge in [0.25, 0.3) is 0 Å². The number of phenolic OH excluding ortho intramolecular Hbond substituents is 2. The van der Waals surface area contributed by atoms with Gasteiger partial charge in [0, 0.05) is 12.0 Å². The molecule has 5 heteroatoms. The van der Waals surface area contributed by atoms with E-state index in [-0.39, 0.29) is 39.7 Å². The van der Waals surface area contributed by atoms with Crippen molar-refractivity contribution in [1.82, 2.24) is 0 Å². The van der Waals surface area contributed by atoms with E-state index in [1.165, 1.54) is 7.11 Å². The average Bonchev–Trinajstić information content (AvgIpc) is 2.48. The van der Waals surface area contributed by atoms with Crippen LogP contribution in [0.5, 0.6) is 17.2 Å². The molecule has 23 heavy (non-hydrogen) atoms. The molecule has 0 aliphatic carbocycles. The number of carbonyl (C=O) groups is 1. The number of halogens is 1. The van der Waals surface area contributed by atoms with Crippen LogP contribution in [0.4, 0.5) is 0 Å². The number of ether oxygens (including phenoxy) is 1. The van der Waals surface area contributed by atoms with E-state index in [1.54, 1.807) is 6.92 Å². The molecule has 0 saturated carbocycles. The van der Waals surface area contributed by atoms with Crippen molar-refractivity contribution in [3.63, 3.8) is 0 Å². The molecule has 0 unspecified atom stereocenters. The zero-order chi connectivity index (χ0) is 19.0. The number of rotatable bonds is 3. The molecule has 1 aromatic carbocycles. The number of Topliss-reactive ketones (excluding diaryl/α,β-unsaturated/α-hetero) is 1. The molecule has 1 aromatic rings. The molecule has 134 valence electrons. The van der Waals surface area contributed by atoms with E-state index in [9.17, 15) is 15.0 Å². The van der Waals surface area contributed by atoms with Gasteiger partial charge in [-0.25, -0.2) is 0 Å². The smallest absolute Gasteiger partial charge is 0.170 e. The highest BCUT2D eigenvalue weighted by atomic mass is 35.5. The highest BCUT2D eigenvalue weighted by molar-refractivity contribution is 6.34. The molecule has 2 N–H and O–H groups in total. The molecule has 0 aromatic heterocycles. The van der Waals surface area contributed by atoms with Crippen molar-refractivity contribution in [2.75, 3.05) is 7.11 Å². The Labute approximate surface area is 145 Å². The predicted octanol–water partition coefficient (Wildman–Crippen LogP) is 5.74. The van der Waals surface area contributed by atoms with Gasteiger partial charge >= 0.3 is 0 Å². The van der Waals surface area contributed by atoms with Crippen molar-refractivity contribution >= 4 is 17.4 Å². The lowest BCUT2D eigenvalue weighted by Crippen LogP contribution is -2.14. The van der Waals surface area contributed by atoms with Crippen LogP contribution < -0.4 is 4.74 Å². The van der Waals surface area contributed by atoms with Gasteiger partial charge in [-0.2, -0.15) is 0 Å². The lowest BCUT2D eigenvalue weighted by atomic mass is 9.87. The molecule has 0 aliphatic heterocycles. The summed E-state index contributed by atoms with van der Waals surface area (Å²) in [6.07, 6.45) is 0.191. The van der Waals surface area contributed by atoms with Gasteiger partial charge in [-0.05, 0) is 12.3 Å². The van der Waals surface area contributed by atoms with Gasteiger partial charge in [0.15, 0.2) is 11.5 Å². The average molecular weight is 347 g/mol. The summed E-state index contributed by atoms with van der Waals surface area (Å²) in [5, 5.41) is 20.0. The van der Waals surface area contributed by atoms with Crippen LogP contribution in [-0.2, 0) is 0 Å². The van der Waals surface area contributed by atoms with Crippen molar-refractivity contribution in [2.45, 2.75) is 61.8 Å². The molecular formula is C18H31ClO4. The van der Waals surface area contributed by atoms with E-state index in [0.29, 0.717) is 5.56 Å². The summed E-state index contributed by atoms with van der Waals surface area (Å²) in [4.78, 5) is 12.2. The van der Waals surface area contributed by atoms with Crippen molar-refractivity contribution in [2.24, 2.45) is 5.41 Å². The topological polar surface area (TPSA) is 66.8 Å². The first-order valence-corrected chi connectivity index (χ1v) is 8.29. The highest BCUT2D eigenvalue weighted by Gasteiger charge is 2.28. The third-order valence-corrected chi connectivity index (χ3v) is 3.10. The number of ketones is 1. The van der Waals surface area contributed by atoms with Gasteiger partial charge in [0.1, 0.15) is 22.1 Å². The number of phenols is 2. The SMILES string of the molecule is CC.CC.COc1c(C)c(O)c(C(=O)CC(C)(C)C)c(O)c1Cl. The summed E-state index contributed by atoms with van der Waals surface area (Å²) < 4.78 is 5.01. The van der Waals surface area contributed by atoms with Crippen LogP contribution in [0.1, 0.15) is 70.8 Å². The third-order valence-electron chi connectivity index (χ3n) is 2.75. The van der Waals surface area contributed by atoms with E-state index in [2.05, 4.69) is 0 Å². The van der Waals surface area contributed by atoms with Crippen LogP contribution in [0.3, 0.4) is 0 Å². The maximum Gasteiger partial charge on any atom is 0.170 e. The number of benzene rings is 1. The lowest BCUT2D eigenvalue weighted by molar-refractivity contribution is 0.0934. The van der Waals surface area contributed by atoms with Crippen LogP contribution in [0.25, 0.3) is 0 Å². The Balaban J connectivity index is 0. The quantitative estimate of drug-likeness (QED) is 0.685. The molecular weight excluding hydrogens is 316 g/mol. The van der Waals surface area contributed by atoms with E-state index in [0.717, 1.165) is 0 Å². The number of hydrogen-bond acceptors (Lipinski definition) is 4. The lowest BCUT2D eigenvalue weighted by Gasteiger charge is -2.19. The first-order valence-electron chi connectivity index (χ1n) is 7.91. The van der Waals surface area contributed by atoms with E-state index < -0.39 is 5.75 Å². The third kappa shape index (κ3) is 6.30. The van der Waals surface area contributed by atoms with Crippen LogP contribution in [0, 0.1) is 12.3 Å². The summed E-state index contributed by atoms with van der Waals surface area (Å²) in [5.41, 5.74) is -0.0585. The first-order chi connectivity index (χ1) is 10.6. The van der Waals surface area contributed by atoms with E-state index in [1.807, 2.05) is 48.5 Å². The first kappa shape index (κ1) is 23.8. The molecule has 0 bridgehead atoms. The Morgan fingerprint density at radius 3 is 1.87 bits per heavy atom. The summed E-state index contributed by atoms with van der Waals surface area (Å²) in [5.74, 6) is -0.900. The Morgan fingerprint density at radius 1 is 1.09 bits per heavy atom. The van der Waals surface area contributed by atoms with Crippen molar-refractivity contribution in [1.29, 1.82) is 0 Å². The van der Waals surface area contributed by atoms with Gasteiger partial charge in [-0.3, -0.25) is 4.79 Å². The van der Waals surface area contributed by atoms with Crippen molar-refractivity contribution < 1.29 is 19.7 Å². The van der Waals surface area contributed by atoms with Crippen molar-refractivity contribution in [3.05, 3.63) is 16.1 Å². The number of methoxy groups -OCH3 is 1. The van der Waals surface area contributed by atoms with Gasteiger partial charge in [0.2, 0.25) is 0 Å². The summed E-state index contributed by atoms with van der Waals surface area (Å²) in [7, 11) is 1.38. The van der Waals surface area contributed by atoms with Crippen LogP contribution in [0.2, 0.25) is 5.02 Å². The zero-order valence-electron chi connectivity index (χ0n) is 15.8. The monoisotopic (exact) mass is 346 g/mol. The fraction of sp³-hybridized carbons (Fsp3) is 0.611. The molecule has 0 atom stereocenters. The summed E-state index contributed by atoms with van der Waals surface area (Å²) in [6.45, 7) is 15.3. The maximum absolute atomic E-state index is 12.2. The van der Waals surface area contributed by atoms with Gasteiger partial charge < -0.3 is 14.9 Å². The van der Waals surface area contributed by atoms with Crippen LogP contribution in [-0.4, -0.2) is 23.1 Å². The fourth-order valence-electron chi connectivity index (χ4n) is 1.87. The minimum Gasteiger partial charge on any atom is -0.507 e.